The lowest BCUT2D eigenvalue weighted by molar-refractivity contribution is 0.463. The molecular formula is C17H20O4S. The smallest absolute Gasteiger partial charge is 0.207 e. The molecule has 0 spiro atoms. The van der Waals surface area contributed by atoms with E-state index in [9.17, 15) is 18.6 Å². The summed E-state index contributed by atoms with van der Waals surface area (Å²) in [5.41, 5.74) is 2.48. The summed E-state index contributed by atoms with van der Waals surface area (Å²) in [7, 11) is -3.83. The Kier molecular flexibility index (Phi) is 3.96. The minimum atomic E-state index is -3.83. The van der Waals surface area contributed by atoms with Crippen LogP contribution in [0.25, 0.3) is 0 Å². The van der Waals surface area contributed by atoms with Crippen LogP contribution in [-0.2, 0) is 9.84 Å². The SMILES string of the molecule is Cc1ccc(S(=O)(=O)c2c(C)cc(C)c(O)c2C)c(C)c1O. The first-order valence-electron chi connectivity index (χ1n) is 6.93. The minimum Gasteiger partial charge on any atom is -0.507 e. The molecule has 0 unspecified atom stereocenters. The first-order valence-corrected chi connectivity index (χ1v) is 8.41. The number of sulfone groups is 1. The molecule has 0 heterocycles. The lowest BCUT2D eigenvalue weighted by Crippen LogP contribution is -2.09. The van der Waals surface area contributed by atoms with E-state index >= 15 is 0 Å². The number of benzene rings is 2. The highest BCUT2D eigenvalue weighted by molar-refractivity contribution is 7.91. The molecule has 0 radical (unpaired) electrons. The number of phenols is 2. The molecule has 5 heteroatoms. The van der Waals surface area contributed by atoms with E-state index in [-0.39, 0.29) is 21.3 Å². The van der Waals surface area contributed by atoms with E-state index in [1.807, 2.05) is 0 Å². The van der Waals surface area contributed by atoms with E-state index in [0.717, 1.165) is 0 Å². The molecular weight excluding hydrogens is 300 g/mol. The molecule has 0 aliphatic carbocycles. The number of rotatable bonds is 2. The van der Waals surface area contributed by atoms with Crippen molar-refractivity contribution in [2.75, 3.05) is 0 Å². The second-order valence-corrected chi connectivity index (χ2v) is 7.53. The van der Waals surface area contributed by atoms with Gasteiger partial charge in [0, 0.05) is 11.1 Å². The molecule has 22 heavy (non-hydrogen) atoms. The Morgan fingerprint density at radius 3 is 1.91 bits per heavy atom. The van der Waals surface area contributed by atoms with Gasteiger partial charge in [-0.05, 0) is 57.4 Å². The molecule has 0 bridgehead atoms. The van der Waals surface area contributed by atoms with Crippen LogP contribution in [0.15, 0.2) is 28.0 Å². The summed E-state index contributed by atoms with van der Waals surface area (Å²) < 4.78 is 26.0. The summed E-state index contributed by atoms with van der Waals surface area (Å²) in [5.74, 6) is -0.0362. The van der Waals surface area contributed by atoms with Crippen molar-refractivity contribution in [3.05, 3.63) is 46.0 Å². The molecule has 0 aromatic heterocycles. The molecule has 0 aliphatic heterocycles. The Morgan fingerprint density at radius 1 is 0.773 bits per heavy atom. The van der Waals surface area contributed by atoms with Gasteiger partial charge in [0.15, 0.2) is 0 Å². The number of hydrogen-bond acceptors (Lipinski definition) is 4. The Labute approximate surface area is 131 Å². The molecule has 2 aromatic rings. The van der Waals surface area contributed by atoms with Crippen molar-refractivity contribution < 1.29 is 18.6 Å². The first kappa shape index (κ1) is 16.4. The van der Waals surface area contributed by atoms with Gasteiger partial charge in [0.05, 0.1) is 9.79 Å². The van der Waals surface area contributed by atoms with Crippen LogP contribution in [-0.4, -0.2) is 18.6 Å². The quantitative estimate of drug-likeness (QED) is 0.888. The van der Waals surface area contributed by atoms with Crippen molar-refractivity contribution >= 4 is 9.84 Å². The van der Waals surface area contributed by atoms with E-state index in [4.69, 9.17) is 0 Å². The maximum absolute atomic E-state index is 13.0. The fourth-order valence-corrected chi connectivity index (χ4v) is 4.74. The van der Waals surface area contributed by atoms with E-state index in [1.54, 1.807) is 46.8 Å². The van der Waals surface area contributed by atoms with Gasteiger partial charge in [-0.3, -0.25) is 0 Å². The first-order chi connectivity index (χ1) is 10.1. The second-order valence-electron chi connectivity index (χ2n) is 5.67. The topological polar surface area (TPSA) is 74.6 Å². The van der Waals surface area contributed by atoms with Gasteiger partial charge in [-0.25, -0.2) is 8.42 Å². The number of aryl methyl sites for hydroxylation is 3. The summed E-state index contributed by atoms with van der Waals surface area (Å²) in [4.78, 5) is 0.159. The summed E-state index contributed by atoms with van der Waals surface area (Å²) in [6.45, 7) is 8.32. The van der Waals surface area contributed by atoms with Gasteiger partial charge in [-0.1, -0.05) is 12.1 Å². The van der Waals surface area contributed by atoms with Crippen molar-refractivity contribution in [3.63, 3.8) is 0 Å². The zero-order valence-electron chi connectivity index (χ0n) is 13.4. The van der Waals surface area contributed by atoms with Crippen LogP contribution in [0.2, 0.25) is 0 Å². The molecule has 0 fully saturated rings. The molecule has 2 N–H and O–H groups in total. The molecule has 0 aliphatic rings. The molecule has 0 saturated carbocycles. The van der Waals surface area contributed by atoms with Crippen LogP contribution in [0.5, 0.6) is 11.5 Å². The molecule has 2 aromatic carbocycles. The number of hydrogen-bond donors (Lipinski definition) is 2. The Hall–Kier alpha value is -2.01. The van der Waals surface area contributed by atoms with E-state index in [2.05, 4.69) is 0 Å². The zero-order chi connectivity index (χ0) is 16.8. The fraction of sp³-hybridized carbons (Fsp3) is 0.294. The summed E-state index contributed by atoms with van der Waals surface area (Å²) in [5, 5.41) is 20.1. The van der Waals surface area contributed by atoms with Crippen molar-refractivity contribution in [2.24, 2.45) is 0 Å². The van der Waals surface area contributed by atoms with Crippen LogP contribution in [0.4, 0.5) is 0 Å². The Bertz CT molecular complexity index is 865. The standard InChI is InChI=1S/C17H20O4S/c1-9-6-7-14(12(4)15(9)18)22(20,21)17-11(3)8-10(2)16(19)13(17)5/h6-8,18-19H,1-5H3. The van der Waals surface area contributed by atoms with Crippen molar-refractivity contribution in [2.45, 2.75) is 44.4 Å². The molecule has 0 atom stereocenters. The van der Waals surface area contributed by atoms with E-state index < -0.39 is 9.84 Å². The van der Waals surface area contributed by atoms with Gasteiger partial charge < -0.3 is 10.2 Å². The second kappa shape index (κ2) is 5.32. The molecule has 0 amide bonds. The maximum atomic E-state index is 13.0. The number of aromatic hydroxyl groups is 2. The van der Waals surface area contributed by atoms with Crippen molar-refractivity contribution in [1.29, 1.82) is 0 Å². The molecule has 118 valence electrons. The molecule has 2 rings (SSSR count). The molecule has 4 nitrogen and oxygen atoms in total. The molecule has 0 saturated heterocycles. The van der Waals surface area contributed by atoms with Crippen LogP contribution < -0.4 is 0 Å². The van der Waals surface area contributed by atoms with Crippen LogP contribution in [0.3, 0.4) is 0 Å². The third-order valence-electron chi connectivity index (χ3n) is 4.00. The predicted octanol–water partition coefficient (Wildman–Crippen LogP) is 3.47. The maximum Gasteiger partial charge on any atom is 0.207 e. The third kappa shape index (κ3) is 2.35. The van der Waals surface area contributed by atoms with Gasteiger partial charge in [-0.2, -0.15) is 0 Å². The fourth-order valence-electron chi connectivity index (χ4n) is 2.79. The van der Waals surface area contributed by atoms with Crippen LogP contribution >= 0.6 is 0 Å². The summed E-state index contributed by atoms with van der Waals surface area (Å²) >= 11 is 0. The van der Waals surface area contributed by atoms with Gasteiger partial charge >= 0.3 is 0 Å². The lowest BCUT2D eigenvalue weighted by atomic mass is 10.1. The van der Waals surface area contributed by atoms with Gasteiger partial charge in [-0.15, -0.1) is 0 Å². The van der Waals surface area contributed by atoms with Crippen molar-refractivity contribution in [1.82, 2.24) is 0 Å². The number of phenolic OH excluding ortho intramolecular Hbond substituents is 2. The predicted molar refractivity (Wildman–Crippen MR) is 85.4 cm³/mol. The van der Waals surface area contributed by atoms with Crippen LogP contribution in [0.1, 0.15) is 27.8 Å². The van der Waals surface area contributed by atoms with Crippen molar-refractivity contribution in [3.8, 4) is 11.5 Å². The summed E-state index contributed by atoms with van der Waals surface area (Å²) in [6.07, 6.45) is 0. The average Bonchev–Trinajstić information content (AvgIpc) is 2.41. The zero-order valence-corrected chi connectivity index (χ0v) is 14.2. The highest BCUT2D eigenvalue weighted by Gasteiger charge is 2.27. The summed E-state index contributed by atoms with van der Waals surface area (Å²) in [6, 6.07) is 4.72. The largest absolute Gasteiger partial charge is 0.507 e. The normalized spacial score (nSPS) is 11.7. The van der Waals surface area contributed by atoms with Gasteiger partial charge in [0.1, 0.15) is 11.5 Å². The van der Waals surface area contributed by atoms with E-state index in [1.165, 1.54) is 6.07 Å². The van der Waals surface area contributed by atoms with Gasteiger partial charge in [0.25, 0.3) is 0 Å². The monoisotopic (exact) mass is 320 g/mol. The third-order valence-corrected chi connectivity index (χ3v) is 6.19. The highest BCUT2D eigenvalue weighted by atomic mass is 32.2. The highest BCUT2D eigenvalue weighted by Crippen LogP contribution is 2.37. The van der Waals surface area contributed by atoms with Gasteiger partial charge in [0.2, 0.25) is 9.84 Å². The van der Waals surface area contributed by atoms with Crippen LogP contribution in [0, 0.1) is 34.6 Å². The lowest BCUT2D eigenvalue weighted by Gasteiger charge is -2.16. The Balaban J connectivity index is 2.83. The Morgan fingerprint density at radius 2 is 1.32 bits per heavy atom. The minimum absolute atomic E-state index is 0.0156. The van der Waals surface area contributed by atoms with E-state index in [0.29, 0.717) is 27.8 Å². The average molecular weight is 320 g/mol.